The SMILES string of the molecule is CC(=O)CC1=NC(N(C)Cc2ccccc2)N(C)O1. The van der Waals surface area contributed by atoms with Crippen LogP contribution in [-0.4, -0.2) is 42.0 Å². The Bertz CT molecular complexity index is 473. The van der Waals surface area contributed by atoms with Crippen LogP contribution in [0.15, 0.2) is 35.3 Å². The highest BCUT2D eigenvalue weighted by Gasteiger charge is 2.29. The lowest BCUT2D eigenvalue weighted by Crippen LogP contribution is -2.39. The number of Topliss-reactive ketones (excluding diaryl/α,β-unsaturated/α-hetero) is 1. The van der Waals surface area contributed by atoms with Gasteiger partial charge in [-0.3, -0.25) is 9.69 Å². The average Bonchev–Trinajstić information content (AvgIpc) is 2.70. The molecule has 19 heavy (non-hydrogen) atoms. The van der Waals surface area contributed by atoms with Crippen LogP contribution in [0.25, 0.3) is 0 Å². The number of ketones is 1. The zero-order chi connectivity index (χ0) is 13.8. The van der Waals surface area contributed by atoms with Crippen molar-refractivity contribution in [1.29, 1.82) is 0 Å². The number of carbonyl (C=O) groups excluding carboxylic acids is 1. The Morgan fingerprint density at radius 1 is 1.42 bits per heavy atom. The molecule has 5 nitrogen and oxygen atoms in total. The lowest BCUT2D eigenvalue weighted by Gasteiger charge is -2.25. The van der Waals surface area contributed by atoms with E-state index in [4.69, 9.17) is 4.84 Å². The molecule has 0 aromatic heterocycles. The largest absolute Gasteiger partial charge is 0.387 e. The van der Waals surface area contributed by atoms with Crippen molar-refractivity contribution in [2.45, 2.75) is 26.2 Å². The fraction of sp³-hybridized carbons (Fsp3) is 0.429. The first-order valence-electron chi connectivity index (χ1n) is 6.27. The van der Waals surface area contributed by atoms with Gasteiger partial charge in [0.2, 0.25) is 5.90 Å². The van der Waals surface area contributed by atoms with E-state index in [0.29, 0.717) is 5.90 Å². The van der Waals surface area contributed by atoms with E-state index in [9.17, 15) is 4.79 Å². The molecule has 0 aliphatic carbocycles. The van der Waals surface area contributed by atoms with Gasteiger partial charge in [0.25, 0.3) is 0 Å². The van der Waals surface area contributed by atoms with Crippen LogP contribution in [0, 0.1) is 0 Å². The second kappa shape index (κ2) is 5.95. The minimum Gasteiger partial charge on any atom is -0.387 e. The molecule has 2 rings (SSSR count). The summed E-state index contributed by atoms with van der Waals surface area (Å²) >= 11 is 0. The summed E-state index contributed by atoms with van der Waals surface area (Å²) in [7, 11) is 3.81. The maximum atomic E-state index is 11.1. The molecule has 1 aromatic carbocycles. The lowest BCUT2D eigenvalue weighted by molar-refractivity contribution is -0.118. The normalized spacial score (nSPS) is 19.4. The highest BCUT2D eigenvalue weighted by molar-refractivity contribution is 5.97. The second-order valence-electron chi connectivity index (χ2n) is 4.79. The van der Waals surface area contributed by atoms with Gasteiger partial charge in [-0.1, -0.05) is 30.3 Å². The van der Waals surface area contributed by atoms with E-state index in [1.807, 2.05) is 32.3 Å². The molecule has 1 atom stereocenters. The third-order valence-electron chi connectivity index (χ3n) is 2.90. The lowest BCUT2D eigenvalue weighted by atomic mass is 10.2. The molecule has 1 aromatic rings. The smallest absolute Gasteiger partial charge is 0.220 e. The van der Waals surface area contributed by atoms with Crippen molar-refractivity contribution >= 4 is 11.7 Å². The van der Waals surface area contributed by atoms with Crippen LogP contribution < -0.4 is 0 Å². The van der Waals surface area contributed by atoms with Crippen LogP contribution in [-0.2, 0) is 16.2 Å². The van der Waals surface area contributed by atoms with Crippen molar-refractivity contribution in [3.8, 4) is 0 Å². The first-order valence-corrected chi connectivity index (χ1v) is 6.27. The van der Waals surface area contributed by atoms with Gasteiger partial charge < -0.3 is 4.84 Å². The Labute approximate surface area is 113 Å². The van der Waals surface area contributed by atoms with E-state index in [0.717, 1.165) is 6.54 Å². The van der Waals surface area contributed by atoms with Crippen LogP contribution in [0.4, 0.5) is 0 Å². The van der Waals surface area contributed by atoms with E-state index in [1.54, 1.807) is 5.06 Å². The first kappa shape index (κ1) is 13.7. The molecule has 1 aliphatic rings. The Kier molecular flexibility index (Phi) is 4.29. The van der Waals surface area contributed by atoms with Crippen LogP contribution >= 0.6 is 0 Å². The summed E-state index contributed by atoms with van der Waals surface area (Å²) in [5.74, 6) is 0.540. The molecular weight excluding hydrogens is 242 g/mol. The number of aliphatic imine (C=N–C) groups is 1. The van der Waals surface area contributed by atoms with Crippen molar-refractivity contribution in [1.82, 2.24) is 9.96 Å². The summed E-state index contributed by atoms with van der Waals surface area (Å²) < 4.78 is 0. The summed E-state index contributed by atoms with van der Waals surface area (Å²) in [6, 6.07) is 10.2. The fourth-order valence-corrected chi connectivity index (χ4v) is 2.07. The van der Waals surface area contributed by atoms with E-state index in [-0.39, 0.29) is 18.5 Å². The van der Waals surface area contributed by atoms with Crippen LogP contribution in [0.5, 0.6) is 0 Å². The minimum atomic E-state index is -0.186. The summed E-state index contributed by atoms with van der Waals surface area (Å²) in [5, 5.41) is 1.67. The predicted molar refractivity (Wildman–Crippen MR) is 73.3 cm³/mol. The standard InChI is InChI=1S/C14H19N3O2/c1-11(18)9-13-15-14(17(3)19-13)16(2)10-12-7-5-4-6-8-12/h4-8,14H,9-10H2,1-3H3. The Morgan fingerprint density at radius 3 is 2.74 bits per heavy atom. The highest BCUT2D eigenvalue weighted by Crippen LogP contribution is 2.17. The van der Waals surface area contributed by atoms with Crippen LogP contribution in [0.1, 0.15) is 18.9 Å². The molecule has 0 saturated heterocycles. The quantitative estimate of drug-likeness (QED) is 0.808. The van der Waals surface area contributed by atoms with Crippen molar-refractivity contribution in [3.05, 3.63) is 35.9 Å². The van der Waals surface area contributed by atoms with E-state index < -0.39 is 0 Å². The van der Waals surface area contributed by atoms with Gasteiger partial charge in [-0.25, -0.2) is 4.99 Å². The third kappa shape index (κ3) is 3.62. The van der Waals surface area contributed by atoms with Crippen molar-refractivity contribution in [2.75, 3.05) is 14.1 Å². The summed E-state index contributed by atoms with van der Waals surface area (Å²) in [4.78, 5) is 23.0. The molecule has 0 amide bonds. The van der Waals surface area contributed by atoms with Gasteiger partial charge >= 0.3 is 0 Å². The topological polar surface area (TPSA) is 45.1 Å². The average molecular weight is 261 g/mol. The van der Waals surface area contributed by atoms with Gasteiger partial charge in [0.1, 0.15) is 5.78 Å². The van der Waals surface area contributed by atoms with Gasteiger partial charge in [-0.2, -0.15) is 0 Å². The molecule has 0 saturated carbocycles. The molecule has 102 valence electrons. The number of hydrogen-bond donors (Lipinski definition) is 0. The van der Waals surface area contributed by atoms with Crippen LogP contribution in [0.2, 0.25) is 0 Å². The van der Waals surface area contributed by atoms with Crippen molar-refractivity contribution in [3.63, 3.8) is 0 Å². The molecule has 1 heterocycles. The molecule has 1 unspecified atom stereocenters. The number of carbonyl (C=O) groups is 1. The number of nitrogens with zero attached hydrogens (tertiary/aromatic N) is 3. The third-order valence-corrected chi connectivity index (χ3v) is 2.90. The maximum absolute atomic E-state index is 11.1. The van der Waals surface area contributed by atoms with E-state index >= 15 is 0 Å². The van der Waals surface area contributed by atoms with Gasteiger partial charge in [0, 0.05) is 13.6 Å². The van der Waals surface area contributed by atoms with Gasteiger partial charge in [-0.15, -0.1) is 5.06 Å². The Hall–Kier alpha value is -1.72. The molecule has 0 spiro atoms. The molecule has 0 radical (unpaired) electrons. The highest BCUT2D eigenvalue weighted by atomic mass is 16.7. The van der Waals surface area contributed by atoms with Gasteiger partial charge in [0.05, 0.1) is 6.42 Å². The molecule has 5 heteroatoms. The van der Waals surface area contributed by atoms with Gasteiger partial charge in [-0.05, 0) is 19.5 Å². The first-order chi connectivity index (χ1) is 9.06. The Balaban J connectivity index is 2.00. The zero-order valence-corrected chi connectivity index (χ0v) is 11.5. The Morgan fingerprint density at radius 2 is 2.11 bits per heavy atom. The van der Waals surface area contributed by atoms with Crippen molar-refractivity contribution in [2.24, 2.45) is 4.99 Å². The molecule has 0 bridgehead atoms. The fourth-order valence-electron chi connectivity index (χ4n) is 2.07. The van der Waals surface area contributed by atoms with Crippen molar-refractivity contribution < 1.29 is 9.63 Å². The predicted octanol–water partition coefficient (Wildman–Crippen LogP) is 1.66. The number of rotatable bonds is 5. The zero-order valence-electron chi connectivity index (χ0n) is 11.5. The van der Waals surface area contributed by atoms with E-state index in [1.165, 1.54) is 12.5 Å². The summed E-state index contributed by atoms with van der Waals surface area (Å²) in [5.41, 5.74) is 1.22. The second-order valence-corrected chi connectivity index (χ2v) is 4.79. The summed E-state index contributed by atoms with van der Waals surface area (Å²) in [6.07, 6.45) is 0.0644. The molecular formula is C14H19N3O2. The molecule has 0 N–H and O–H groups in total. The van der Waals surface area contributed by atoms with Gasteiger partial charge in [0.15, 0.2) is 6.29 Å². The minimum absolute atomic E-state index is 0.0542. The molecule has 0 fully saturated rings. The number of hydrogen-bond acceptors (Lipinski definition) is 5. The number of hydroxylamine groups is 2. The van der Waals surface area contributed by atoms with Crippen LogP contribution in [0.3, 0.4) is 0 Å². The maximum Gasteiger partial charge on any atom is 0.220 e. The molecule has 1 aliphatic heterocycles. The van der Waals surface area contributed by atoms with E-state index in [2.05, 4.69) is 22.0 Å². The monoisotopic (exact) mass is 261 g/mol. The number of benzene rings is 1. The summed E-state index contributed by atoms with van der Waals surface area (Å²) in [6.45, 7) is 2.31.